The maximum absolute atomic E-state index is 8.65. The maximum atomic E-state index is 8.65. The monoisotopic (exact) mass is 268 g/mol. The molecule has 0 aliphatic carbocycles. The number of pyridine rings is 1. The Balaban J connectivity index is 1.89. The topological polar surface area (TPSA) is 74.7 Å². The van der Waals surface area contributed by atoms with Crippen molar-refractivity contribution in [2.75, 3.05) is 13.1 Å². The molecule has 3 N–H and O–H groups in total. The number of halogens is 1. The number of hydrogen-bond acceptors (Lipinski definition) is 4. The van der Waals surface area contributed by atoms with Gasteiger partial charge in [-0.25, -0.2) is 0 Å². The molecule has 0 unspecified atom stereocenters. The van der Waals surface area contributed by atoms with E-state index >= 15 is 0 Å². The van der Waals surface area contributed by atoms with Gasteiger partial charge in [0.05, 0.1) is 5.02 Å². The van der Waals surface area contributed by atoms with E-state index in [2.05, 4.69) is 15.0 Å². The first-order valence-electron chi connectivity index (χ1n) is 5.99. The Morgan fingerprint density at radius 3 is 2.89 bits per heavy atom. The lowest BCUT2D eigenvalue weighted by molar-refractivity contribution is 0.198. The maximum Gasteiger partial charge on any atom is 0.142 e. The van der Waals surface area contributed by atoms with Gasteiger partial charge >= 0.3 is 0 Å². The Morgan fingerprint density at radius 2 is 2.28 bits per heavy atom. The van der Waals surface area contributed by atoms with Gasteiger partial charge < -0.3 is 10.9 Å². The molecule has 0 saturated carbocycles. The third kappa shape index (κ3) is 3.11. The molecule has 5 nitrogen and oxygen atoms in total. The summed E-state index contributed by atoms with van der Waals surface area (Å²) in [7, 11) is 0. The highest BCUT2D eigenvalue weighted by atomic mass is 35.5. The molecule has 1 aliphatic rings. The van der Waals surface area contributed by atoms with Gasteiger partial charge in [-0.1, -0.05) is 16.8 Å². The van der Waals surface area contributed by atoms with Crippen molar-refractivity contribution in [3.63, 3.8) is 0 Å². The van der Waals surface area contributed by atoms with E-state index in [1.165, 1.54) is 0 Å². The summed E-state index contributed by atoms with van der Waals surface area (Å²) < 4.78 is 0. The number of nitrogens with two attached hydrogens (primary N) is 1. The fraction of sp³-hybridized carbons (Fsp3) is 0.500. The molecule has 2 heterocycles. The molecule has 18 heavy (non-hydrogen) atoms. The largest absolute Gasteiger partial charge is 0.409 e. The summed E-state index contributed by atoms with van der Waals surface area (Å²) in [5, 5.41) is 12.4. The van der Waals surface area contributed by atoms with E-state index < -0.39 is 0 Å². The number of oxime groups is 1. The van der Waals surface area contributed by atoms with Gasteiger partial charge in [0.2, 0.25) is 0 Å². The summed E-state index contributed by atoms with van der Waals surface area (Å²) in [6.07, 6.45) is 5.25. The summed E-state index contributed by atoms with van der Waals surface area (Å²) in [5.41, 5.74) is 6.71. The van der Waals surface area contributed by atoms with Gasteiger partial charge in [-0.2, -0.15) is 0 Å². The van der Waals surface area contributed by atoms with Gasteiger partial charge in [0.15, 0.2) is 0 Å². The lowest BCUT2D eigenvalue weighted by Gasteiger charge is -2.31. The Labute approximate surface area is 111 Å². The van der Waals surface area contributed by atoms with Crippen molar-refractivity contribution in [3.05, 3.63) is 29.0 Å². The molecule has 1 aliphatic heterocycles. The number of nitrogens with zero attached hydrogens (tertiary/aromatic N) is 3. The van der Waals surface area contributed by atoms with Crippen LogP contribution >= 0.6 is 11.6 Å². The van der Waals surface area contributed by atoms with Crippen molar-refractivity contribution in [1.29, 1.82) is 0 Å². The lowest BCUT2D eigenvalue weighted by atomic mass is 9.95. The summed E-state index contributed by atoms with van der Waals surface area (Å²) in [5.74, 6) is 0.538. The Kier molecular flexibility index (Phi) is 4.38. The molecule has 2 rings (SSSR count). The molecule has 0 spiro atoms. The number of aromatic nitrogens is 1. The number of piperidine rings is 1. The zero-order chi connectivity index (χ0) is 13.0. The van der Waals surface area contributed by atoms with E-state index in [9.17, 15) is 0 Å². The number of hydrogen-bond donors (Lipinski definition) is 2. The van der Waals surface area contributed by atoms with E-state index in [1.807, 2.05) is 6.07 Å². The molecule has 1 aromatic rings. The van der Waals surface area contributed by atoms with Crippen LogP contribution in [0.5, 0.6) is 0 Å². The van der Waals surface area contributed by atoms with Crippen LogP contribution in [0.15, 0.2) is 23.6 Å². The van der Waals surface area contributed by atoms with E-state index in [-0.39, 0.29) is 5.92 Å². The van der Waals surface area contributed by atoms with Gasteiger partial charge in [-0.3, -0.25) is 9.88 Å². The standard InChI is InChI=1S/C12H17ClN4O/c13-11-7-15-4-1-10(11)8-17-5-2-9(3-6-17)12(14)16-18/h1,4,7,9,18H,2-3,5-6,8H2,(H2,14,16). The third-order valence-corrected chi connectivity index (χ3v) is 3.71. The molecule has 1 fully saturated rings. The lowest BCUT2D eigenvalue weighted by Crippen LogP contribution is -2.38. The van der Waals surface area contributed by atoms with Crippen molar-refractivity contribution < 1.29 is 5.21 Å². The van der Waals surface area contributed by atoms with Gasteiger partial charge in [0.1, 0.15) is 5.84 Å². The van der Waals surface area contributed by atoms with Crippen LogP contribution in [-0.4, -0.2) is 34.0 Å². The Morgan fingerprint density at radius 1 is 1.56 bits per heavy atom. The molecule has 0 aromatic carbocycles. The predicted molar refractivity (Wildman–Crippen MR) is 70.7 cm³/mol. The number of likely N-dealkylation sites (tertiary alicyclic amines) is 1. The fourth-order valence-electron chi connectivity index (χ4n) is 2.24. The molecule has 0 bridgehead atoms. The van der Waals surface area contributed by atoms with Crippen molar-refractivity contribution in [2.45, 2.75) is 19.4 Å². The van der Waals surface area contributed by atoms with Gasteiger partial charge in [-0.15, -0.1) is 0 Å². The summed E-state index contributed by atoms with van der Waals surface area (Å²) in [6.45, 7) is 2.68. The van der Waals surface area contributed by atoms with E-state index in [0.29, 0.717) is 10.9 Å². The summed E-state index contributed by atoms with van der Waals surface area (Å²) >= 11 is 6.08. The van der Waals surface area contributed by atoms with Crippen LogP contribution in [0.3, 0.4) is 0 Å². The molecule has 0 amide bonds. The molecule has 6 heteroatoms. The minimum Gasteiger partial charge on any atom is -0.409 e. The molecule has 1 aromatic heterocycles. The first-order chi connectivity index (χ1) is 8.70. The zero-order valence-corrected chi connectivity index (χ0v) is 10.8. The van der Waals surface area contributed by atoms with Crippen molar-refractivity contribution in [1.82, 2.24) is 9.88 Å². The molecule has 1 saturated heterocycles. The normalized spacial score (nSPS) is 19.1. The summed E-state index contributed by atoms with van der Waals surface area (Å²) in [6, 6.07) is 1.94. The molecular weight excluding hydrogens is 252 g/mol. The van der Waals surface area contributed by atoms with Crippen LogP contribution in [0.25, 0.3) is 0 Å². The van der Waals surface area contributed by atoms with E-state index in [1.54, 1.807) is 12.4 Å². The Hall–Kier alpha value is -1.33. The van der Waals surface area contributed by atoms with Crippen molar-refractivity contribution >= 4 is 17.4 Å². The third-order valence-electron chi connectivity index (χ3n) is 3.37. The fourth-order valence-corrected chi connectivity index (χ4v) is 2.42. The van der Waals surface area contributed by atoms with E-state index in [0.717, 1.165) is 38.0 Å². The van der Waals surface area contributed by atoms with Gasteiger partial charge in [0, 0.05) is 24.9 Å². The zero-order valence-electron chi connectivity index (χ0n) is 10.1. The van der Waals surface area contributed by atoms with Crippen LogP contribution < -0.4 is 5.73 Å². The highest BCUT2D eigenvalue weighted by Gasteiger charge is 2.22. The van der Waals surface area contributed by atoms with Crippen molar-refractivity contribution in [2.24, 2.45) is 16.8 Å². The highest BCUT2D eigenvalue weighted by Crippen LogP contribution is 2.21. The second kappa shape index (κ2) is 6.02. The van der Waals surface area contributed by atoms with Crippen molar-refractivity contribution in [3.8, 4) is 0 Å². The van der Waals surface area contributed by atoms with Gasteiger partial charge in [0.25, 0.3) is 0 Å². The second-order valence-corrected chi connectivity index (χ2v) is 4.95. The van der Waals surface area contributed by atoms with Gasteiger partial charge in [-0.05, 0) is 37.6 Å². The average Bonchev–Trinajstić information content (AvgIpc) is 2.41. The van der Waals surface area contributed by atoms with Crippen LogP contribution in [0.1, 0.15) is 18.4 Å². The van der Waals surface area contributed by atoms with Crippen LogP contribution in [0.4, 0.5) is 0 Å². The molecule has 0 radical (unpaired) electrons. The first-order valence-corrected chi connectivity index (χ1v) is 6.36. The van der Waals surface area contributed by atoms with Crippen LogP contribution in [0.2, 0.25) is 5.02 Å². The second-order valence-electron chi connectivity index (χ2n) is 4.54. The summed E-state index contributed by atoms with van der Waals surface area (Å²) in [4.78, 5) is 6.30. The van der Waals surface area contributed by atoms with Crippen LogP contribution in [-0.2, 0) is 6.54 Å². The smallest absolute Gasteiger partial charge is 0.142 e. The molecule has 98 valence electrons. The minimum absolute atomic E-state index is 0.194. The predicted octanol–water partition coefficient (Wildman–Crippen LogP) is 1.69. The number of amidine groups is 1. The SMILES string of the molecule is NC(=NO)C1CCN(Cc2ccncc2Cl)CC1. The Bertz CT molecular complexity index is 430. The van der Waals surface area contributed by atoms with E-state index in [4.69, 9.17) is 22.5 Å². The molecular formula is C12H17ClN4O. The highest BCUT2D eigenvalue weighted by molar-refractivity contribution is 6.31. The minimum atomic E-state index is 0.194. The average molecular weight is 269 g/mol. The quantitative estimate of drug-likeness (QED) is 0.379. The first kappa shape index (κ1) is 13.1. The molecule has 0 atom stereocenters. The number of rotatable bonds is 3. The van der Waals surface area contributed by atoms with Crippen LogP contribution in [0, 0.1) is 5.92 Å².